The van der Waals surface area contributed by atoms with Gasteiger partial charge in [-0.1, -0.05) is 6.07 Å². The van der Waals surface area contributed by atoms with Gasteiger partial charge < -0.3 is 9.47 Å². The summed E-state index contributed by atoms with van der Waals surface area (Å²) in [6, 6.07) is 4.29. The smallest absolute Gasteiger partial charge is 0.416 e. The predicted molar refractivity (Wildman–Crippen MR) is 58.3 cm³/mol. The molecule has 0 spiro atoms. The van der Waals surface area contributed by atoms with Gasteiger partial charge in [-0.05, 0) is 18.2 Å². The zero-order valence-electron chi connectivity index (χ0n) is 9.58. The van der Waals surface area contributed by atoms with E-state index in [2.05, 4.69) is 14.8 Å². The fraction of sp³-hybridized carbons (Fsp3) is 0.364. The Kier molecular flexibility index (Phi) is 4.96. The summed E-state index contributed by atoms with van der Waals surface area (Å²) in [6.07, 6.45) is -5.27. The minimum atomic E-state index is -4.45. The van der Waals surface area contributed by atoms with Gasteiger partial charge in [0.1, 0.15) is 6.61 Å². The quantitative estimate of drug-likeness (QED) is 0.850. The van der Waals surface area contributed by atoms with Gasteiger partial charge in [0.2, 0.25) is 0 Å². The number of carbonyl (C=O) groups is 1. The van der Waals surface area contributed by atoms with Crippen LogP contribution in [0.15, 0.2) is 24.3 Å². The molecule has 18 heavy (non-hydrogen) atoms. The third kappa shape index (κ3) is 4.62. The summed E-state index contributed by atoms with van der Waals surface area (Å²) < 4.78 is 46.5. The molecular weight excluding hydrogens is 251 g/mol. The second-order valence-corrected chi connectivity index (χ2v) is 3.33. The van der Waals surface area contributed by atoms with Gasteiger partial charge in [0.05, 0.1) is 12.2 Å². The number of rotatable bonds is 4. The molecule has 0 aliphatic heterocycles. The Balaban J connectivity index is 2.60. The van der Waals surface area contributed by atoms with E-state index < -0.39 is 17.8 Å². The van der Waals surface area contributed by atoms with E-state index in [1.807, 2.05) is 0 Å². The Morgan fingerprint density at radius 1 is 1.33 bits per heavy atom. The molecular formula is C11H12F3NO3. The summed E-state index contributed by atoms with van der Waals surface area (Å²) in [4.78, 5) is 11.2. The zero-order valence-corrected chi connectivity index (χ0v) is 9.58. The normalized spacial score (nSPS) is 11.1. The number of methoxy groups -OCH3 is 1. The van der Waals surface area contributed by atoms with Crippen molar-refractivity contribution >= 4 is 11.8 Å². The number of ether oxygens (including phenoxy) is 2. The molecule has 1 aromatic carbocycles. The lowest BCUT2D eigenvalue weighted by Crippen LogP contribution is -2.16. The highest BCUT2D eigenvalue weighted by Gasteiger charge is 2.30. The Labute approximate surface area is 102 Å². The molecule has 0 unspecified atom stereocenters. The van der Waals surface area contributed by atoms with Crippen molar-refractivity contribution < 1.29 is 27.4 Å². The lowest BCUT2D eigenvalue weighted by Gasteiger charge is -2.10. The number of hydrogen-bond donors (Lipinski definition) is 1. The van der Waals surface area contributed by atoms with Gasteiger partial charge >= 0.3 is 12.3 Å². The molecule has 0 fully saturated rings. The van der Waals surface area contributed by atoms with Gasteiger partial charge in [0, 0.05) is 12.8 Å². The van der Waals surface area contributed by atoms with Crippen molar-refractivity contribution in [1.82, 2.24) is 0 Å². The van der Waals surface area contributed by atoms with Gasteiger partial charge in [-0.3, -0.25) is 5.32 Å². The number of carbonyl (C=O) groups excluding carboxylic acids is 1. The van der Waals surface area contributed by atoms with Crippen LogP contribution in [0.4, 0.5) is 23.7 Å². The maximum Gasteiger partial charge on any atom is 0.416 e. The van der Waals surface area contributed by atoms with Crippen LogP contribution in [0.2, 0.25) is 0 Å². The van der Waals surface area contributed by atoms with E-state index in [0.717, 1.165) is 12.1 Å². The van der Waals surface area contributed by atoms with Crippen LogP contribution in [0, 0.1) is 0 Å². The van der Waals surface area contributed by atoms with Crippen molar-refractivity contribution in [3.63, 3.8) is 0 Å². The van der Waals surface area contributed by atoms with Crippen LogP contribution in [0.25, 0.3) is 0 Å². The number of halogens is 3. The molecule has 1 aromatic rings. The van der Waals surface area contributed by atoms with Gasteiger partial charge in [-0.15, -0.1) is 0 Å². The van der Waals surface area contributed by atoms with Crippen LogP contribution in [0.3, 0.4) is 0 Å². The molecule has 0 atom stereocenters. The molecule has 0 aliphatic rings. The molecule has 0 aromatic heterocycles. The van der Waals surface area contributed by atoms with E-state index in [4.69, 9.17) is 0 Å². The van der Waals surface area contributed by atoms with Gasteiger partial charge in [0.15, 0.2) is 0 Å². The van der Waals surface area contributed by atoms with E-state index in [1.54, 1.807) is 0 Å². The average molecular weight is 263 g/mol. The summed E-state index contributed by atoms with van der Waals surface area (Å²) in [7, 11) is 1.44. The number of amides is 1. The lowest BCUT2D eigenvalue weighted by molar-refractivity contribution is -0.137. The fourth-order valence-electron chi connectivity index (χ4n) is 1.14. The number of anilines is 1. The van der Waals surface area contributed by atoms with E-state index >= 15 is 0 Å². The molecule has 7 heteroatoms. The Bertz CT molecular complexity index is 407. The number of hydrogen-bond acceptors (Lipinski definition) is 3. The van der Waals surface area contributed by atoms with E-state index in [9.17, 15) is 18.0 Å². The summed E-state index contributed by atoms with van der Waals surface area (Å²) in [5.74, 6) is 0. The molecule has 1 amide bonds. The summed E-state index contributed by atoms with van der Waals surface area (Å²) in [5.41, 5.74) is -0.815. The van der Waals surface area contributed by atoms with Crippen LogP contribution in [0.1, 0.15) is 5.56 Å². The number of benzene rings is 1. The number of alkyl halides is 3. The first-order valence-electron chi connectivity index (χ1n) is 5.03. The fourth-order valence-corrected chi connectivity index (χ4v) is 1.14. The largest absolute Gasteiger partial charge is 0.447 e. The maximum absolute atomic E-state index is 12.4. The molecule has 1 rings (SSSR count). The maximum atomic E-state index is 12.4. The molecule has 0 bridgehead atoms. The Hall–Kier alpha value is -1.76. The molecule has 0 saturated heterocycles. The van der Waals surface area contributed by atoms with Crippen LogP contribution in [0.5, 0.6) is 0 Å². The first kappa shape index (κ1) is 14.3. The van der Waals surface area contributed by atoms with Crippen molar-refractivity contribution in [1.29, 1.82) is 0 Å². The molecule has 100 valence electrons. The molecule has 0 heterocycles. The molecule has 1 N–H and O–H groups in total. The van der Waals surface area contributed by atoms with Crippen LogP contribution in [-0.2, 0) is 15.7 Å². The van der Waals surface area contributed by atoms with Crippen LogP contribution in [-0.4, -0.2) is 26.4 Å². The summed E-state index contributed by atoms with van der Waals surface area (Å²) in [5, 5.41) is 2.20. The third-order valence-corrected chi connectivity index (χ3v) is 1.96. The molecule has 0 radical (unpaired) electrons. The Morgan fingerprint density at radius 3 is 2.67 bits per heavy atom. The summed E-state index contributed by atoms with van der Waals surface area (Å²) in [6.45, 7) is 0.247. The zero-order chi connectivity index (χ0) is 13.6. The Morgan fingerprint density at radius 2 is 2.06 bits per heavy atom. The molecule has 0 saturated carbocycles. The highest BCUT2D eigenvalue weighted by Crippen LogP contribution is 2.30. The second-order valence-electron chi connectivity index (χ2n) is 3.33. The second kappa shape index (κ2) is 6.25. The van der Waals surface area contributed by atoms with Crippen molar-refractivity contribution in [2.75, 3.05) is 25.6 Å². The molecule has 4 nitrogen and oxygen atoms in total. The predicted octanol–water partition coefficient (Wildman–Crippen LogP) is 2.90. The van der Waals surface area contributed by atoms with Crippen molar-refractivity contribution in [3.8, 4) is 0 Å². The average Bonchev–Trinajstić information content (AvgIpc) is 2.28. The standard InChI is InChI=1S/C11H12F3NO3/c1-17-5-6-18-10(16)15-9-4-2-3-8(7-9)11(12,13)14/h2-4,7H,5-6H2,1H3,(H,15,16). The van der Waals surface area contributed by atoms with Crippen molar-refractivity contribution in [2.45, 2.75) is 6.18 Å². The SMILES string of the molecule is COCCOC(=O)Nc1cccc(C(F)(F)F)c1. The van der Waals surface area contributed by atoms with Crippen molar-refractivity contribution in [2.24, 2.45) is 0 Å². The third-order valence-electron chi connectivity index (χ3n) is 1.96. The van der Waals surface area contributed by atoms with E-state index in [-0.39, 0.29) is 18.9 Å². The summed E-state index contributed by atoms with van der Waals surface area (Å²) >= 11 is 0. The number of nitrogens with one attached hydrogen (secondary N) is 1. The lowest BCUT2D eigenvalue weighted by atomic mass is 10.2. The molecule has 0 aliphatic carbocycles. The minimum absolute atomic E-state index is 0.0206. The highest BCUT2D eigenvalue weighted by molar-refractivity contribution is 5.84. The van der Waals surface area contributed by atoms with Crippen molar-refractivity contribution in [3.05, 3.63) is 29.8 Å². The van der Waals surface area contributed by atoms with E-state index in [0.29, 0.717) is 0 Å². The van der Waals surface area contributed by atoms with E-state index in [1.165, 1.54) is 19.2 Å². The minimum Gasteiger partial charge on any atom is -0.447 e. The topological polar surface area (TPSA) is 47.6 Å². The monoisotopic (exact) mass is 263 g/mol. The van der Waals surface area contributed by atoms with Gasteiger partial charge in [-0.2, -0.15) is 13.2 Å². The first-order valence-corrected chi connectivity index (χ1v) is 5.03. The van der Waals surface area contributed by atoms with Crippen LogP contribution < -0.4 is 5.32 Å². The van der Waals surface area contributed by atoms with Gasteiger partial charge in [-0.25, -0.2) is 4.79 Å². The van der Waals surface area contributed by atoms with Crippen LogP contribution >= 0.6 is 0 Å². The van der Waals surface area contributed by atoms with Gasteiger partial charge in [0.25, 0.3) is 0 Å². The first-order chi connectivity index (χ1) is 8.43. The highest BCUT2D eigenvalue weighted by atomic mass is 19.4.